The SMILES string of the molecule is COC(=O)c1ccc(Cl)c(NC(=O)CNS(=O)(=O)N(C)C)c1. The fraction of sp³-hybridized carbons (Fsp3) is 0.333. The predicted octanol–water partition coefficient (Wildman–Crippen LogP) is 0.461. The van der Waals surface area contributed by atoms with Crippen molar-refractivity contribution in [1.82, 2.24) is 9.03 Å². The molecule has 0 bridgehead atoms. The molecule has 0 spiro atoms. The van der Waals surface area contributed by atoms with Gasteiger partial charge in [0.1, 0.15) is 0 Å². The van der Waals surface area contributed by atoms with Gasteiger partial charge in [0.05, 0.1) is 29.9 Å². The number of carbonyl (C=O) groups excluding carboxylic acids is 2. The van der Waals surface area contributed by atoms with Crippen LogP contribution >= 0.6 is 11.6 Å². The van der Waals surface area contributed by atoms with E-state index >= 15 is 0 Å². The summed E-state index contributed by atoms with van der Waals surface area (Å²) >= 11 is 5.91. The van der Waals surface area contributed by atoms with Gasteiger partial charge in [0.25, 0.3) is 10.2 Å². The molecule has 0 saturated heterocycles. The van der Waals surface area contributed by atoms with E-state index in [0.717, 1.165) is 4.31 Å². The van der Waals surface area contributed by atoms with Crippen LogP contribution in [-0.4, -0.2) is 52.3 Å². The third kappa shape index (κ3) is 4.95. The molecular formula is C12H16ClN3O5S. The van der Waals surface area contributed by atoms with E-state index < -0.39 is 28.6 Å². The minimum atomic E-state index is -3.71. The van der Waals surface area contributed by atoms with Crippen LogP contribution in [0.5, 0.6) is 0 Å². The second kappa shape index (κ2) is 7.54. The molecular weight excluding hydrogens is 334 g/mol. The van der Waals surface area contributed by atoms with Crippen LogP contribution in [0.3, 0.4) is 0 Å². The first kappa shape index (κ1) is 18.4. The van der Waals surface area contributed by atoms with Crippen LogP contribution in [0, 0.1) is 0 Å². The van der Waals surface area contributed by atoms with Crippen molar-refractivity contribution in [2.75, 3.05) is 33.1 Å². The summed E-state index contributed by atoms with van der Waals surface area (Å²) in [5.41, 5.74) is 0.384. The fourth-order valence-electron chi connectivity index (χ4n) is 1.35. The minimum absolute atomic E-state index is 0.179. The Balaban J connectivity index is 2.78. The van der Waals surface area contributed by atoms with Gasteiger partial charge in [0.2, 0.25) is 5.91 Å². The lowest BCUT2D eigenvalue weighted by atomic mass is 10.2. The van der Waals surface area contributed by atoms with Crippen molar-refractivity contribution in [2.24, 2.45) is 0 Å². The maximum absolute atomic E-state index is 11.8. The molecule has 122 valence electrons. The lowest BCUT2D eigenvalue weighted by molar-refractivity contribution is -0.115. The van der Waals surface area contributed by atoms with Gasteiger partial charge in [-0.2, -0.15) is 17.4 Å². The Kier molecular flexibility index (Phi) is 6.30. The first-order valence-corrected chi connectivity index (χ1v) is 7.84. The Bertz CT molecular complexity index is 675. The number of nitrogens with one attached hydrogen (secondary N) is 2. The maximum Gasteiger partial charge on any atom is 0.337 e. The highest BCUT2D eigenvalue weighted by molar-refractivity contribution is 7.87. The van der Waals surface area contributed by atoms with Gasteiger partial charge in [-0.15, -0.1) is 0 Å². The Morgan fingerprint density at radius 3 is 2.50 bits per heavy atom. The zero-order chi connectivity index (χ0) is 16.9. The van der Waals surface area contributed by atoms with Crippen molar-refractivity contribution in [3.8, 4) is 0 Å². The van der Waals surface area contributed by atoms with Crippen molar-refractivity contribution in [3.63, 3.8) is 0 Å². The molecule has 0 aliphatic rings. The van der Waals surface area contributed by atoms with Gasteiger partial charge in [-0.25, -0.2) is 4.79 Å². The van der Waals surface area contributed by atoms with Gasteiger partial charge < -0.3 is 10.1 Å². The number of anilines is 1. The number of methoxy groups -OCH3 is 1. The number of ether oxygens (including phenoxy) is 1. The molecule has 10 heteroatoms. The quantitative estimate of drug-likeness (QED) is 0.726. The smallest absolute Gasteiger partial charge is 0.337 e. The number of hydrogen-bond acceptors (Lipinski definition) is 5. The van der Waals surface area contributed by atoms with Gasteiger partial charge >= 0.3 is 5.97 Å². The van der Waals surface area contributed by atoms with Gasteiger partial charge in [0.15, 0.2) is 0 Å². The van der Waals surface area contributed by atoms with E-state index in [1.807, 2.05) is 0 Å². The summed E-state index contributed by atoms with van der Waals surface area (Å²) in [6.07, 6.45) is 0. The zero-order valence-corrected chi connectivity index (χ0v) is 13.8. The third-order valence-corrected chi connectivity index (χ3v) is 4.36. The number of esters is 1. The summed E-state index contributed by atoms with van der Waals surface area (Å²) in [5, 5.41) is 2.62. The van der Waals surface area contributed by atoms with Crippen molar-refractivity contribution in [2.45, 2.75) is 0 Å². The van der Waals surface area contributed by atoms with Gasteiger partial charge in [-0.3, -0.25) is 4.79 Å². The Morgan fingerprint density at radius 2 is 1.95 bits per heavy atom. The molecule has 0 aliphatic heterocycles. The molecule has 0 aliphatic carbocycles. The molecule has 0 saturated carbocycles. The summed E-state index contributed by atoms with van der Waals surface area (Å²) < 4.78 is 30.6. The number of carbonyl (C=O) groups is 2. The average molecular weight is 350 g/mol. The molecule has 8 nitrogen and oxygen atoms in total. The molecule has 2 N–H and O–H groups in total. The molecule has 1 amide bonds. The van der Waals surface area contributed by atoms with Gasteiger partial charge in [-0.05, 0) is 18.2 Å². The average Bonchev–Trinajstić information content (AvgIpc) is 2.46. The highest BCUT2D eigenvalue weighted by atomic mass is 35.5. The molecule has 22 heavy (non-hydrogen) atoms. The van der Waals surface area contributed by atoms with E-state index in [4.69, 9.17) is 11.6 Å². The van der Waals surface area contributed by atoms with E-state index in [1.54, 1.807) is 0 Å². The number of nitrogens with zero attached hydrogens (tertiary/aromatic N) is 1. The second-order valence-corrected chi connectivity index (χ2v) is 6.72. The Labute approximate surface area is 133 Å². The van der Waals surface area contributed by atoms with Crippen LogP contribution in [0.1, 0.15) is 10.4 Å². The lowest BCUT2D eigenvalue weighted by Crippen LogP contribution is -2.40. The van der Waals surface area contributed by atoms with Crippen LogP contribution in [0.15, 0.2) is 18.2 Å². The molecule has 0 atom stereocenters. The first-order chi connectivity index (χ1) is 10.2. The normalized spacial score (nSPS) is 11.3. The number of halogens is 1. The van der Waals surface area contributed by atoms with Gasteiger partial charge in [-0.1, -0.05) is 11.6 Å². The Hall–Kier alpha value is -1.68. The molecule has 1 aromatic carbocycles. The zero-order valence-electron chi connectivity index (χ0n) is 12.2. The number of rotatable bonds is 6. The van der Waals surface area contributed by atoms with Crippen LogP contribution in [0.4, 0.5) is 5.69 Å². The van der Waals surface area contributed by atoms with Crippen LogP contribution in [0.25, 0.3) is 0 Å². The molecule has 0 unspecified atom stereocenters. The molecule has 0 heterocycles. The van der Waals surface area contributed by atoms with E-state index in [1.165, 1.54) is 39.4 Å². The fourth-order valence-corrected chi connectivity index (χ4v) is 2.08. The molecule has 0 fully saturated rings. The van der Waals surface area contributed by atoms with Crippen molar-refractivity contribution >= 4 is 39.4 Å². The predicted molar refractivity (Wildman–Crippen MR) is 82.0 cm³/mol. The molecule has 0 radical (unpaired) electrons. The molecule has 1 aromatic rings. The minimum Gasteiger partial charge on any atom is -0.465 e. The first-order valence-electron chi connectivity index (χ1n) is 6.02. The van der Waals surface area contributed by atoms with Crippen LogP contribution in [0.2, 0.25) is 5.02 Å². The maximum atomic E-state index is 11.8. The van der Waals surface area contributed by atoms with Gasteiger partial charge in [0, 0.05) is 14.1 Å². The summed E-state index contributed by atoms with van der Waals surface area (Å²) in [6, 6.07) is 4.21. The standard InChI is InChI=1S/C12H16ClN3O5S/c1-16(2)22(19,20)14-7-11(17)15-10-6-8(12(18)21-3)4-5-9(10)13/h4-6,14H,7H2,1-3H3,(H,15,17). The monoisotopic (exact) mass is 349 g/mol. The second-order valence-electron chi connectivity index (χ2n) is 4.34. The van der Waals surface area contributed by atoms with Crippen LogP contribution in [-0.2, 0) is 19.7 Å². The number of amides is 1. The summed E-state index contributed by atoms with van der Waals surface area (Å²) in [7, 11) is 0.182. The summed E-state index contributed by atoms with van der Waals surface area (Å²) in [5.74, 6) is -1.21. The summed E-state index contributed by atoms with van der Waals surface area (Å²) in [6.45, 7) is -0.473. The van der Waals surface area contributed by atoms with E-state index in [9.17, 15) is 18.0 Å². The highest BCUT2D eigenvalue weighted by Crippen LogP contribution is 2.23. The van der Waals surface area contributed by atoms with Crippen molar-refractivity contribution in [3.05, 3.63) is 28.8 Å². The van der Waals surface area contributed by atoms with E-state index in [0.29, 0.717) is 0 Å². The number of hydrogen-bond donors (Lipinski definition) is 2. The Morgan fingerprint density at radius 1 is 1.32 bits per heavy atom. The number of benzene rings is 1. The summed E-state index contributed by atoms with van der Waals surface area (Å²) in [4.78, 5) is 23.2. The third-order valence-electron chi connectivity index (χ3n) is 2.56. The van der Waals surface area contributed by atoms with Crippen LogP contribution < -0.4 is 10.0 Å². The van der Waals surface area contributed by atoms with E-state index in [2.05, 4.69) is 14.8 Å². The van der Waals surface area contributed by atoms with Crippen molar-refractivity contribution < 1.29 is 22.7 Å². The largest absolute Gasteiger partial charge is 0.465 e. The molecule has 1 rings (SSSR count). The molecule has 0 aromatic heterocycles. The van der Waals surface area contributed by atoms with E-state index in [-0.39, 0.29) is 16.3 Å². The van der Waals surface area contributed by atoms with Crippen molar-refractivity contribution in [1.29, 1.82) is 0 Å². The highest BCUT2D eigenvalue weighted by Gasteiger charge is 2.16. The topological polar surface area (TPSA) is 105 Å². The lowest BCUT2D eigenvalue weighted by Gasteiger charge is -2.13.